The second-order valence-electron chi connectivity index (χ2n) is 9.91. The molecule has 0 radical (unpaired) electrons. The number of anilines is 1. The quantitative estimate of drug-likeness (QED) is 0.665. The minimum absolute atomic E-state index is 0.00612. The molecule has 1 aliphatic heterocycles. The van der Waals surface area contributed by atoms with Gasteiger partial charge in [0, 0.05) is 50.5 Å². The summed E-state index contributed by atoms with van der Waals surface area (Å²) in [4.78, 5) is 44.4. The lowest BCUT2D eigenvalue weighted by Gasteiger charge is -2.36. The average Bonchev–Trinajstić information content (AvgIpc) is 2.87. The van der Waals surface area contributed by atoms with E-state index >= 15 is 0 Å². The molecule has 0 saturated heterocycles. The van der Waals surface area contributed by atoms with Gasteiger partial charge in [-0.3, -0.25) is 14.4 Å². The fraction of sp³-hybridized carbons (Fsp3) is 0.464. The lowest BCUT2D eigenvalue weighted by atomic mass is 10.0. The Morgan fingerprint density at radius 2 is 1.81 bits per heavy atom. The van der Waals surface area contributed by atoms with Crippen LogP contribution in [0.15, 0.2) is 48.5 Å². The molecule has 0 aliphatic carbocycles. The third-order valence-corrected chi connectivity index (χ3v) is 6.51. The Bertz CT molecular complexity index is 1090. The number of carbonyl (C=O) groups excluding carboxylic acids is 3. The predicted molar refractivity (Wildman–Crippen MR) is 143 cm³/mol. The number of nitrogens with zero attached hydrogens (tertiary/aromatic N) is 3. The van der Waals surface area contributed by atoms with E-state index in [-0.39, 0.29) is 48.9 Å². The third-order valence-electron chi connectivity index (χ3n) is 6.51. The number of ether oxygens (including phenoxy) is 2. The molecule has 9 heteroatoms. The molecule has 2 aromatic rings. The number of carbonyl (C=O) groups is 3. The van der Waals surface area contributed by atoms with E-state index in [0.29, 0.717) is 35.7 Å². The van der Waals surface area contributed by atoms with Crippen LogP contribution in [0.1, 0.15) is 34.6 Å². The van der Waals surface area contributed by atoms with Crippen molar-refractivity contribution in [2.45, 2.75) is 26.0 Å². The molecular formula is C28H38N4O5. The molecule has 3 atom stereocenters. The van der Waals surface area contributed by atoms with Crippen LogP contribution < -0.4 is 10.1 Å². The monoisotopic (exact) mass is 510 g/mol. The van der Waals surface area contributed by atoms with Crippen molar-refractivity contribution in [3.63, 3.8) is 0 Å². The van der Waals surface area contributed by atoms with Crippen molar-refractivity contribution in [3.8, 4) is 5.75 Å². The van der Waals surface area contributed by atoms with Crippen molar-refractivity contribution in [3.05, 3.63) is 59.7 Å². The zero-order valence-corrected chi connectivity index (χ0v) is 22.6. The zero-order chi connectivity index (χ0) is 27.1. The number of hydrogen-bond donors (Lipinski definition) is 1. The number of benzene rings is 2. The summed E-state index contributed by atoms with van der Waals surface area (Å²) in [5, 5.41) is 2.87. The van der Waals surface area contributed by atoms with Crippen LogP contribution in [0.25, 0.3) is 0 Å². The Balaban J connectivity index is 1.94. The van der Waals surface area contributed by atoms with Gasteiger partial charge in [0.1, 0.15) is 12.4 Å². The van der Waals surface area contributed by atoms with E-state index in [1.54, 1.807) is 61.5 Å². The fourth-order valence-corrected chi connectivity index (χ4v) is 4.35. The number of amides is 3. The van der Waals surface area contributed by atoms with E-state index in [9.17, 15) is 14.4 Å². The van der Waals surface area contributed by atoms with Crippen molar-refractivity contribution >= 4 is 23.4 Å². The third kappa shape index (κ3) is 7.30. The minimum atomic E-state index is -0.261. The topological polar surface area (TPSA) is 91.4 Å². The molecule has 1 aliphatic rings. The van der Waals surface area contributed by atoms with Gasteiger partial charge in [0.15, 0.2) is 0 Å². The molecule has 0 saturated carbocycles. The van der Waals surface area contributed by atoms with Crippen molar-refractivity contribution in [1.82, 2.24) is 14.7 Å². The van der Waals surface area contributed by atoms with E-state index in [1.807, 2.05) is 43.8 Å². The molecule has 2 aromatic carbocycles. The SMILES string of the molecule is CO[C@@H]1CN(C)C(=O)c2ccc(NC(=O)c3ccccc3)cc2OC[C@H](C)N(C(=O)CN(C)C)C[C@H]1C. The molecule has 0 unspecified atom stereocenters. The molecule has 0 aromatic heterocycles. The standard InChI is InChI=1S/C28H38N4O5/c1-19-15-32(26(33)17-30(3)4)20(2)18-37-24-14-22(29-27(34)21-10-8-7-9-11-21)12-13-23(24)28(35)31(5)16-25(19)36-6/h7-14,19-20,25H,15-18H2,1-6H3,(H,29,34)/t19-,20+,25-/m1/s1. The van der Waals surface area contributed by atoms with Gasteiger partial charge in [-0.05, 0) is 45.3 Å². The number of methoxy groups -OCH3 is 1. The van der Waals surface area contributed by atoms with Crippen LogP contribution in [0.3, 0.4) is 0 Å². The first-order valence-electron chi connectivity index (χ1n) is 12.5. The van der Waals surface area contributed by atoms with E-state index in [4.69, 9.17) is 9.47 Å². The highest BCUT2D eigenvalue weighted by Gasteiger charge is 2.30. The van der Waals surface area contributed by atoms with Gasteiger partial charge in [0.25, 0.3) is 11.8 Å². The largest absolute Gasteiger partial charge is 0.491 e. The predicted octanol–water partition coefficient (Wildman–Crippen LogP) is 2.83. The van der Waals surface area contributed by atoms with Crippen molar-refractivity contribution in [2.24, 2.45) is 5.92 Å². The van der Waals surface area contributed by atoms with Crippen molar-refractivity contribution < 1.29 is 23.9 Å². The molecule has 1 heterocycles. The summed E-state index contributed by atoms with van der Waals surface area (Å²) in [6.07, 6.45) is -0.260. The number of nitrogens with one attached hydrogen (secondary N) is 1. The van der Waals surface area contributed by atoms with E-state index in [0.717, 1.165) is 0 Å². The molecule has 0 spiro atoms. The van der Waals surface area contributed by atoms with Crippen LogP contribution in [0.5, 0.6) is 5.75 Å². The highest BCUT2D eigenvalue weighted by Crippen LogP contribution is 2.27. The van der Waals surface area contributed by atoms with Gasteiger partial charge in [-0.15, -0.1) is 0 Å². The van der Waals surface area contributed by atoms with Crippen LogP contribution in [0.2, 0.25) is 0 Å². The smallest absolute Gasteiger partial charge is 0.257 e. The molecule has 37 heavy (non-hydrogen) atoms. The van der Waals surface area contributed by atoms with Crippen LogP contribution >= 0.6 is 0 Å². The summed E-state index contributed by atoms with van der Waals surface area (Å²) in [6, 6.07) is 13.6. The molecule has 3 rings (SSSR count). The first-order valence-corrected chi connectivity index (χ1v) is 12.5. The van der Waals surface area contributed by atoms with Crippen molar-refractivity contribution in [1.29, 1.82) is 0 Å². The molecule has 0 fully saturated rings. The lowest BCUT2D eigenvalue weighted by Crippen LogP contribution is -2.50. The first kappa shape index (κ1) is 28.1. The van der Waals surface area contributed by atoms with Gasteiger partial charge in [0.05, 0.1) is 24.3 Å². The molecule has 3 amide bonds. The Hall–Kier alpha value is -3.43. The fourth-order valence-electron chi connectivity index (χ4n) is 4.35. The summed E-state index contributed by atoms with van der Waals surface area (Å²) in [6.45, 7) is 5.24. The minimum Gasteiger partial charge on any atom is -0.491 e. The Morgan fingerprint density at radius 3 is 2.46 bits per heavy atom. The second-order valence-corrected chi connectivity index (χ2v) is 9.91. The van der Waals surface area contributed by atoms with Gasteiger partial charge < -0.3 is 29.5 Å². The second kappa shape index (κ2) is 12.7. The molecule has 1 N–H and O–H groups in total. The van der Waals surface area contributed by atoms with E-state index < -0.39 is 0 Å². The maximum atomic E-state index is 13.4. The summed E-state index contributed by atoms with van der Waals surface area (Å²) < 4.78 is 11.9. The average molecular weight is 511 g/mol. The highest BCUT2D eigenvalue weighted by molar-refractivity contribution is 6.05. The van der Waals surface area contributed by atoms with Crippen LogP contribution in [0, 0.1) is 5.92 Å². The molecular weight excluding hydrogens is 472 g/mol. The molecule has 9 nitrogen and oxygen atoms in total. The maximum absolute atomic E-state index is 13.4. The molecule has 0 bridgehead atoms. The van der Waals surface area contributed by atoms with Gasteiger partial charge >= 0.3 is 0 Å². The van der Waals surface area contributed by atoms with E-state index in [2.05, 4.69) is 5.32 Å². The van der Waals surface area contributed by atoms with Crippen LogP contribution in [0.4, 0.5) is 5.69 Å². The maximum Gasteiger partial charge on any atom is 0.257 e. The van der Waals surface area contributed by atoms with Crippen LogP contribution in [-0.4, -0.2) is 99.1 Å². The number of fused-ring (bicyclic) bond motifs is 1. The first-order chi connectivity index (χ1) is 17.6. The van der Waals surface area contributed by atoms with Gasteiger partial charge in [-0.25, -0.2) is 0 Å². The molecule has 200 valence electrons. The lowest BCUT2D eigenvalue weighted by molar-refractivity contribution is -0.136. The Kier molecular flexibility index (Phi) is 9.66. The summed E-state index contributed by atoms with van der Waals surface area (Å²) in [5.41, 5.74) is 1.41. The zero-order valence-electron chi connectivity index (χ0n) is 22.6. The van der Waals surface area contributed by atoms with Gasteiger partial charge in [-0.2, -0.15) is 0 Å². The Morgan fingerprint density at radius 1 is 1.11 bits per heavy atom. The Labute approximate surface area is 219 Å². The summed E-state index contributed by atoms with van der Waals surface area (Å²) >= 11 is 0. The van der Waals surface area contributed by atoms with Gasteiger partial charge in [-0.1, -0.05) is 25.1 Å². The highest BCUT2D eigenvalue weighted by atomic mass is 16.5. The number of hydrogen-bond acceptors (Lipinski definition) is 6. The van der Waals surface area contributed by atoms with Crippen LogP contribution in [-0.2, 0) is 9.53 Å². The summed E-state index contributed by atoms with van der Waals surface area (Å²) in [7, 11) is 7.07. The number of rotatable bonds is 5. The number of likely N-dealkylation sites (N-methyl/N-ethyl adjacent to an activating group) is 2. The summed E-state index contributed by atoms with van der Waals surface area (Å²) in [5.74, 6) is -0.143. The normalized spacial score (nSPS) is 20.9. The van der Waals surface area contributed by atoms with E-state index in [1.165, 1.54) is 0 Å². The van der Waals surface area contributed by atoms with Crippen molar-refractivity contribution in [2.75, 3.05) is 59.8 Å². The van der Waals surface area contributed by atoms with Gasteiger partial charge in [0.2, 0.25) is 5.91 Å².